The van der Waals surface area contributed by atoms with Crippen molar-refractivity contribution in [2.75, 3.05) is 5.73 Å². The van der Waals surface area contributed by atoms with E-state index in [-0.39, 0.29) is 11.2 Å². The van der Waals surface area contributed by atoms with E-state index in [1.54, 1.807) is 24.3 Å². The van der Waals surface area contributed by atoms with Crippen LogP contribution in [0.4, 0.5) is 5.69 Å². The second-order valence-corrected chi connectivity index (χ2v) is 4.89. The highest BCUT2D eigenvalue weighted by atomic mass is 16.3. The Morgan fingerprint density at radius 1 is 1.05 bits per heavy atom. The summed E-state index contributed by atoms with van der Waals surface area (Å²) < 4.78 is 5.73. The lowest BCUT2D eigenvalue weighted by atomic mass is 10.0. The summed E-state index contributed by atoms with van der Waals surface area (Å²) in [6, 6.07) is 11.1. The number of nitrogens with two attached hydrogens (primary N) is 1. The van der Waals surface area contributed by atoms with Crippen molar-refractivity contribution in [1.82, 2.24) is 4.98 Å². The van der Waals surface area contributed by atoms with Crippen LogP contribution in [0.25, 0.3) is 33.3 Å². The summed E-state index contributed by atoms with van der Waals surface area (Å²) >= 11 is 0. The molecule has 0 saturated carbocycles. The number of anilines is 1. The van der Waals surface area contributed by atoms with Crippen LogP contribution in [0.1, 0.15) is 0 Å². The number of aromatic nitrogens is 1. The zero-order valence-electron chi connectivity index (χ0n) is 10.8. The van der Waals surface area contributed by atoms with Gasteiger partial charge in [0.1, 0.15) is 17.0 Å². The van der Waals surface area contributed by atoms with Crippen molar-refractivity contribution < 1.29 is 9.52 Å². The summed E-state index contributed by atoms with van der Waals surface area (Å²) in [4.78, 5) is 16.6. The normalized spacial score (nSPS) is 11.4. The highest BCUT2D eigenvalue weighted by Gasteiger charge is 2.16. The van der Waals surface area contributed by atoms with E-state index in [4.69, 9.17) is 10.2 Å². The molecule has 0 atom stereocenters. The van der Waals surface area contributed by atoms with Gasteiger partial charge < -0.3 is 15.3 Å². The molecule has 5 nitrogen and oxygen atoms in total. The van der Waals surface area contributed by atoms with Gasteiger partial charge in [-0.2, -0.15) is 0 Å². The topological polar surface area (TPSA) is 89.4 Å². The Labute approximate surface area is 118 Å². The van der Waals surface area contributed by atoms with E-state index in [1.807, 2.05) is 0 Å². The number of phenolic OH excluding ortho intramolecular Hbond substituents is 1. The molecule has 2 aromatic rings. The Morgan fingerprint density at radius 2 is 1.90 bits per heavy atom. The number of rotatable bonds is 0. The summed E-state index contributed by atoms with van der Waals surface area (Å²) in [5, 5.41) is 10.7. The number of aromatic hydroxyl groups is 1. The molecule has 21 heavy (non-hydrogen) atoms. The van der Waals surface area contributed by atoms with Crippen LogP contribution in [-0.2, 0) is 0 Å². The third-order valence-electron chi connectivity index (χ3n) is 3.46. The van der Waals surface area contributed by atoms with Crippen LogP contribution < -0.4 is 11.2 Å². The van der Waals surface area contributed by atoms with Crippen molar-refractivity contribution in [3.05, 3.63) is 52.7 Å². The highest BCUT2D eigenvalue weighted by molar-refractivity contribution is 5.97. The molecule has 1 aliphatic heterocycles. The van der Waals surface area contributed by atoms with Gasteiger partial charge in [0.15, 0.2) is 16.8 Å². The maximum absolute atomic E-state index is 12.1. The molecule has 0 unspecified atom stereocenters. The molecule has 1 aliphatic carbocycles. The Morgan fingerprint density at radius 3 is 2.76 bits per heavy atom. The van der Waals surface area contributed by atoms with Gasteiger partial charge in [-0.15, -0.1) is 0 Å². The quantitative estimate of drug-likeness (QED) is 0.293. The van der Waals surface area contributed by atoms with Gasteiger partial charge in [0.05, 0.1) is 0 Å². The number of hydrogen-bond donors (Lipinski definition) is 2. The van der Waals surface area contributed by atoms with Gasteiger partial charge in [-0.1, -0.05) is 0 Å². The van der Waals surface area contributed by atoms with Gasteiger partial charge in [-0.25, -0.2) is 4.98 Å². The molecule has 0 spiro atoms. The van der Waals surface area contributed by atoms with Gasteiger partial charge in [-0.3, -0.25) is 4.79 Å². The minimum Gasteiger partial charge on any atom is -0.508 e. The number of benzene rings is 3. The summed E-state index contributed by atoms with van der Waals surface area (Å²) in [5.74, 6) is 0.449. The predicted octanol–water partition coefficient (Wildman–Crippen LogP) is 2.73. The number of hydrogen-bond acceptors (Lipinski definition) is 5. The first-order valence-corrected chi connectivity index (χ1v) is 6.38. The molecule has 5 heteroatoms. The molecule has 0 fully saturated rings. The second kappa shape index (κ2) is 3.96. The number of nitrogens with zero attached hydrogens (tertiary/aromatic N) is 1. The SMILES string of the molecule is Nc1ccc2nc3c4cc(O)ccc4c(=O)cc-3oc2c1. The molecule has 0 saturated heterocycles. The second-order valence-electron chi connectivity index (χ2n) is 4.89. The molecule has 3 N–H and O–H groups in total. The van der Waals surface area contributed by atoms with Crippen LogP contribution in [0.5, 0.6) is 5.75 Å². The average molecular weight is 278 g/mol. The molecule has 0 bridgehead atoms. The molecular formula is C16H10N2O3. The predicted molar refractivity (Wildman–Crippen MR) is 80.5 cm³/mol. The van der Waals surface area contributed by atoms with Crippen molar-refractivity contribution in [3.8, 4) is 17.2 Å². The van der Waals surface area contributed by atoms with Crippen molar-refractivity contribution in [1.29, 1.82) is 0 Å². The lowest BCUT2D eigenvalue weighted by Gasteiger charge is -2.09. The van der Waals surface area contributed by atoms with E-state index in [9.17, 15) is 9.90 Å². The lowest BCUT2D eigenvalue weighted by Crippen LogP contribution is -2.03. The van der Waals surface area contributed by atoms with Crippen molar-refractivity contribution >= 4 is 27.6 Å². The Balaban J connectivity index is 2.24. The Hall–Kier alpha value is -3.08. The first-order valence-electron chi connectivity index (χ1n) is 6.38. The maximum atomic E-state index is 12.1. The molecule has 2 aromatic carbocycles. The van der Waals surface area contributed by atoms with E-state index >= 15 is 0 Å². The van der Waals surface area contributed by atoms with Crippen LogP contribution in [0.3, 0.4) is 0 Å². The smallest absolute Gasteiger partial charge is 0.190 e. The number of nitrogen functional groups attached to an aromatic ring is 1. The van der Waals surface area contributed by atoms with E-state index in [0.29, 0.717) is 39.0 Å². The van der Waals surface area contributed by atoms with Crippen LogP contribution >= 0.6 is 0 Å². The fraction of sp³-hybridized carbons (Fsp3) is 0. The minimum atomic E-state index is -0.175. The minimum absolute atomic E-state index is 0.0774. The van der Waals surface area contributed by atoms with E-state index in [0.717, 1.165) is 0 Å². The van der Waals surface area contributed by atoms with Gasteiger partial charge in [0, 0.05) is 28.6 Å². The van der Waals surface area contributed by atoms with Gasteiger partial charge in [-0.05, 0) is 30.3 Å². The van der Waals surface area contributed by atoms with Crippen LogP contribution in [0.2, 0.25) is 0 Å². The first kappa shape index (κ1) is 11.7. The molecular weight excluding hydrogens is 268 g/mol. The number of fused-ring (bicyclic) bond motifs is 4. The van der Waals surface area contributed by atoms with E-state index in [2.05, 4.69) is 4.98 Å². The summed E-state index contributed by atoms with van der Waals surface area (Å²) in [6.45, 7) is 0. The molecule has 102 valence electrons. The Kier molecular flexibility index (Phi) is 2.21. The third kappa shape index (κ3) is 1.71. The monoisotopic (exact) mass is 278 g/mol. The summed E-state index contributed by atoms with van der Waals surface area (Å²) in [5.41, 5.74) is 7.81. The first-order chi connectivity index (χ1) is 10.1. The van der Waals surface area contributed by atoms with Crippen molar-refractivity contribution in [2.45, 2.75) is 0 Å². The molecule has 0 aromatic heterocycles. The van der Waals surface area contributed by atoms with E-state index < -0.39 is 0 Å². The zero-order valence-corrected chi connectivity index (χ0v) is 10.8. The van der Waals surface area contributed by atoms with Crippen LogP contribution in [-0.4, -0.2) is 10.1 Å². The van der Waals surface area contributed by atoms with Crippen LogP contribution in [0, 0.1) is 0 Å². The largest absolute Gasteiger partial charge is 0.508 e. The van der Waals surface area contributed by atoms with Gasteiger partial charge >= 0.3 is 0 Å². The fourth-order valence-corrected chi connectivity index (χ4v) is 2.48. The average Bonchev–Trinajstić information content (AvgIpc) is 2.45. The standard InChI is InChI=1S/C16H10N2O3/c17-8-1-4-12-14(5-8)21-15-7-13(20)10-3-2-9(19)6-11(10)16(15)18-12/h1-7,19H,17H2. The summed E-state index contributed by atoms with van der Waals surface area (Å²) in [6.07, 6.45) is 0. The fourth-order valence-electron chi connectivity index (χ4n) is 2.48. The summed E-state index contributed by atoms with van der Waals surface area (Å²) in [7, 11) is 0. The zero-order chi connectivity index (χ0) is 14.6. The number of phenols is 1. The Bertz CT molecular complexity index is 1040. The van der Waals surface area contributed by atoms with Crippen molar-refractivity contribution in [2.24, 2.45) is 0 Å². The van der Waals surface area contributed by atoms with Gasteiger partial charge in [0.2, 0.25) is 0 Å². The van der Waals surface area contributed by atoms with E-state index in [1.165, 1.54) is 18.2 Å². The molecule has 0 amide bonds. The van der Waals surface area contributed by atoms with Crippen LogP contribution in [0.15, 0.2) is 51.7 Å². The molecule has 1 heterocycles. The molecule has 2 aliphatic rings. The van der Waals surface area contributed by atoms with Crippen molar-refractivity contribution in [3.63, 3.8) is 0 Å². The van der Waals surface area contributed by atoms with Gasteiger partial charge in [0.25, 0.3) is 0 Å². The molecule has 0 radical (unpaired) electrons. The highest BCUT2D eigenvalue weighted by Crippen LogP contribution is 2.32. The molecule has 4 rings (SSSR count). The lowest BCUT2D eigenvalue weighted by molar-refractivity contribution is 0.476. The third-order valence-corrected chi connectivity index (χ3v) is 3.46. The maximum Gasteiger partial charge on any atom is 0.190 e.